The summed E-state index contributed by atoms with van der Waals surface area (Å²) in [5, 5.41) is 13.3. The van der Waals surface area contributed by atoms with Gasteiger partial charge in [-0.25, -0.2) is 0 Å². The molecule has 2 N–H and O–H groups in total. The Balaban J connectivity index is 1.96. The van der Waals surface area contributed by atoms with Gasteiger partial charge < -0.3 is 15.2 Å². The number of amides is 1. The summed E-state index contributed by atoms with van der Waals surface area (Å²) in [6.45, 7) is 5.72. The minimum Gasteiger partial charge on any atom is -0.491 e. The maximum atomic E-state index is 12.2. The van der Waals surface area contributed by atoms with E-state index in [2.05, 4.69) is 5.32 Å². The van der Waals surface area contributed by atoms with Crippen LogP contribution in [0.15, 0.2) is 54.6 Å². The van der Waals surface area contributed by atoms with Gasteiger partial charge in [-0.15, -0.1) is 0 Å². The zero-order valence-electron chi connectivity index (χ0n) is 13.7. The smallest absolute Gasteiger partial charge is 0.251 e. The molecule has 0 aliphatic carbocycles. The van der Waals surface area contributed by atoms with Crippen LogP contribution in [-0.2, 0) is 5.60 Å². The summed E-state index contributed by atoms with van der Waals surface area (Å²) >= 11 is 0. The molecular weight excluding hydrogens is 290 g/mol. The molecule has 0 radical (unpaired) electrons. The highest BCUT2D eigenvalue weighted by Crippen LogP contribution is 2.19. The minimum atomic E-state index is -1.11. The molecule has 0 aromatic heterocycles. The van der Waals surface area contributed by atoms with E-state index < -0.39 is 5.60 Å². The van der Waals surface area contributed by atoms with Crippen LogP contribution in [0.4, 0.5) is 0 Å². The highest BCUT2D eigenvalue weighted by molar-refractivity contribution is 5.94. The van der Waals surface area contributed by atoms with E-state index in [1.807, 2.05) is 44.2 Å². The maximum absolute atomic E-state index is 12.2. The summed E-state index contributed by atoms with van der Waals surface area (Å²) in [6, 6.07) is 16.2. The van der Waals surface area contributed by atoms with Crippen molar-refractivity contribution in [2.75, 3.05) is 6.54 Å². The fourth-order valence-electron chi connectivity index (χ4n) is 2.21. The van der Waals surface area contributed by atoms with Gasteiger partial charge in [0, 0.05) is 5.56 Å². The van der Waals surface area contributed by atoms with Gasteiger partial charge in [0.2, 0.25) is 0 Å². The number of hydrogen-bond donors (Lipinski definition) is 2. The summed E-state index contributed by atoms with van der Waals surface area (Å²) < 4.78 is 5.55. The van der Waals surface area contributed by atoms with E-state index in [4.69, 9.17) is 4.74 Å². The minimum absolute atomic E-state index is 0.0932. The van der Waals surface area contributed by atoms with Crippen LogP contribution in [0.25, 0.3) is 0 Å². The van der Waals surface area contributed by atoms with Gasteiger partial charge >= 0.3 is 0 Å². The SMILES string of the molecule is CC(C)Oc1ccc(C(=O)NCC(C)(O)c2ccccc2)cc1. The van der Waals surface area contributed by atoms with E-state index in [1.165, 1.54) is 0 Å². The molecule has 0 fully saturated rings. The molecule has 0 bridgehead atoms. The standard InChI is InChI=1S/C19H23NO3/c1-14(2)23-17-11-9-15(10-12-17)18(21)20-13-19(3,22)16-7-5-4-6-8-16/h4-12,14,22H,13H2,1-3H3,(H,20,21). The molecule has 1 amide bonds. The Morgan fingerprint density at radius 1 is 1.13 bits per heavy atom. The quantitative estimate of drug-likeness (QED) is 0.861. The number of aliphatic hydroxyl groups is 1. The number of ether oxygens (including phenoxy) is 1. The molecule has 0 spiro atoms. The first-order valence-corrected chi connectivity index (χ1v) is 7.71. The fraction of sp³-hybridized carbons (Fsp3) is 0.316. The topological polar surface area (TPSA) is 58.6 Å². The Kier molecular flexibility index (Phi) is 5.40. The van der Waals surface area contributed by atoms with Crippen LogP contribution in [0.3, 0.4) is 0 Å². The summed E-state index contributed by atoms with van der Waals surface area (Å²) in [5.74, 6) is 0.505. The van der Waals surface area contributed by atoms with E-state index in [-0.39, 0.29) is 18.6 Å². The van der Waals surface area contributed by atoms with Crippen molar-refractivity contribution in [3.8, 4) is 5.75 Å². The third kappa shape index (κ3) is 4.83. The Labute approximate surface area is 137 Å². The molecule has 4 heteroatoms. The van der Waals surface area contributed by atoms with E-state index >= 15 is 0 Å². The zero-order valence-corrected chi connectivity index (χ0v) is 13.7. The second kappa shape index (κ2) is 7.29. The molecule has 0 aliphatic rings. The van der Waals surface area contributed by atoms with E-state index in [0.29, 0.717) is 5.56 Å². The maximum Gasteiger partial charge on any atom is 0.251 e. The first-order valence-electron chi connectivity index (χ1n) is 7.71. The zero-order chi connectivity index (χ0) is 16.9. The lowest BCUT2D eigenvalue weighted by Gasteiger charge is -2.24. The van der Waals surface area contributed by atoms with Crippen LogP contribution < -0.4 is 10.1 Å². The van der Waals surface area contributed by atoms with Crippen LogP contribution in [0.2, 0.25) is 0 Å². The molecule has 2 aromatic rings. The Morgan fingerprint density at radius 2 is 1.74 bits per heavy atom. The molecule has 1 atom stereocenters. The lowest BCUT2D eigenvalue weighted by atomic mass is 9.96. The fourth-order valence-corrected chi connectivity index (χ4v) is 2.21. The first-order chi connectivity index (χ1) is 10.9. The van der Waals surface area contributed by atoms with Gasteiger partial charge in [-0.05, 0) is 50.6 Å². The molecule has 0 saturated carbocycles. The Hall–Kier alpha value is -2.33. The molecule has 0 heterocycles. The van der Waals surface area contributed by atoms with Crippen molar-refractivity contribution >= 4 is 5.91 Å². The van der Waals surface area contributed by atoms with Crippen molar-refractivity contribution in [3.05, 3.63) is 65.7 Å². The van der Waals surface area contributed by atoms with Crippen molar-refractivity contribution in [1.82, 2.24) is 5.32 Å². The average molecular weight is 313 g/mol. The van der Waals surface area contributed by atoms with Crippen LogP contribution in [0.5, 0.6) is 5.75 Å². The number of nitrogens with one attached hydrogen (secondary N) is 1. The number of benzene rings is 2. The van der Waals surface area contributed by atoms with Crippen LogP contribution in [-0.4, -0.2) is 23.7 Å². The normalized spacial score (nSPS) is 13.4. The average Bonchev–Trinajstić information content (AvgIpc) is 2.54. The Bertz CT molecular complexity index is 633. The summed E-state index contributed by atoms with van der Waals surface area (Å²) in [5.41, 5.74) is 0.184. The second-order valence-electron chi connectivity index (χ2n) is 6.01. The van der Waals surface area contributed by atoms with Gasteiger partial charge in [0.05, 0.1) is 12.6 Å². The number of carbonyl (C=O) groups excluding carboxylic acids is 1. The van der Waals surface area contributed by atoms with Gasteiger partial charge in [0.25, 0.3) is 5.91 Å². The van der Waals surface area contributed by atoms with Gasteiger partial charge in [-0.1, -0.05) is 30.3 Å². The van der Waals surface area contributed by atoms with Gasteiger partial charge in [0.1, 0.15) is 11.4 Å². The summed E-state index contributed by atoms with van der Waals surface area (Å²) in [4.78, 5) is 12.2. The third-order valence-corrected chi connectivity index (χ3v) is 3.48. The molecule has 2 rings (SSSR count). The highest BCUT2D eigenvalue weighted by Gasteiger charge is 2.23. The van der Waals surface area contributed by atoms with Gasteiger partial charge in [0.15, 0.2) is 0 Å². The van der Waals surface area contributed by atoms with Crippen molar-refractivity contribution in [2.24, 2.45) is 0 Å². The van der Waals surface area contributed by atoms with Gasteiger partial charge in [-0.2, -0.15) is 0 Å². The molecule has 122 valence electrons. The van der Waals surface area contributed by atoms with E-state index in [0.717, 1.165) is 11.3 Å². The number of rotatable bonds is 6. The number of carbonyl (C=O) groups is 1. The second-order valence-corrected chi connectivity index (χ2v) is 6.01. The van der Waals surface area contributed by atoms with Crippen molar-refractivity contribution in [2.45, 2.75) is 32.5 Å². The third-order valence-electron chi connectivity index (χ3n) is 3.48. The molecule has 0 aliphatic heterocycles. The lowest BCUT2D eigenvalue weighted by molar-refractivity contribution is 0.0526. The predicted molar refractivity (Wildman–Crippen MR) is 90.6 cm³/mol. The molecule has 0 saturated heterocycles. The lowest BCUT2D eigenvalue weighted by Crippen LogP contribution is -2.38. The predicted octanol–water partition coefficient (Wildman–Crippen LogP) is 3.11. The molecular formula is C19H23NO3. The highest BCUT2D eigenvalue weighted by atomic mass is 16.5. The van der Waals surface area contributed by atoms with Crippen LogP contribution >= 0.6 is 0 Å². The Morgan fingerprint density at radius 3 is 2.30 bits per heavy atom. The molecule has 23 heavy (non-hydrogen) atoms. The van der Waals surface area contributed by atoms with E-state index in [9.17, 15) is 9.90 Å². The summed E-state index contributed by atoms with van der Waals surface area (Å²) in [6.07, 6.45) is 0.0932. The molecule has 1 unspecified atom stereocenters. The monoisotopic (exact) mass is 313 g/mol. The molecule has 4 nitrogen and oxygen atoms in total. The molecule has 2 aromatic carbocycles. The van der Waals surface area contributed by atoms with Gasteiger partial charge in [-0.3, -0.25) is 4.79 Å². The number of hydrogen-bond acceptors (Lipinski definition) is 3. The van der Waals surface area contributed by atoms with Crippen molar-refractivity contribution in [3.63, 3.8) is 0 Å². The van der Waals surface area contributed by atoms with Crippen LogP contribution in [0, 0.1) is 0 Å². The first kappa shape index (κ1) is 17.0. The van der Waals surface area contributed by atoms with Crippen molar-refractivity contribution in [1.29, 1.82) is 0 Å². The van der Waals surface area contributed by atoms with Crippen molar-refractivity contribution < 1.29 is 14.6 Å². The van der Waals surface area contributed by atoms with Crippen LogP contribution in [0.1, 0.15) is 36.7 Å². The summed E-state index contributed by atoms with van der Waals surface area (Å²) in [7, 11) is 0. The van der Waals surface area contributed by atoms with E-state index in [1.54, 1.807) is 31.2 Å². The largest absolute Gasteiger partial charge is 0.491 e.